The number of anilines is 1. The molecular formula is C26H34N2O5S. The molecule has 1 fully saturated rings. The summed E-state index contributed by atoms with van der Waals surface area (Å²) in [5.74, 6) is -0.848. The summed E-state index contributed by atoms with van der Waals surface area (Å²) in [4.78, 5) is 25.1. The van der Waals surface area contributed by atoms with Crippen molar-refractivity contribution in [2.45, 2.75) is 70.7 Å². The van der Waals surface area contributed by atoms with E-state index in [2.05, 4.69) is 5.32 Å². The average molecular weight is 487 g/mol. The number of nitrogens with zero attached hydrogens (tertiary/aromatic N) is 1. The summed E-state index contributed by atoms with van der Waals surface area (Å²) in [6.45, 7) is 7.30. The van der Waals surface area contributed by atoms with E-state index in [1.54, 1.807) is 45.0 Å². The van der Waals surface area contributed by atoms with Crippen molar-refractivity contribution in [3.8, 4) is 0 Å². The van der Waals surface area contributed by atoms with Crippen LogP contribution in [0.5, 0.6) is 0 Å². The molecule has 3 rings (SSSR count). The number of sulfonamides is 1. The fourth-order valence-corrected chi connectivity index (χ4v) is 6.77. The Labute approximate surface area is 202 Å². The standard InChI is InChI=1S/C26H34N2O5S/c1-5-33-26(30)21-11-13-22(14-12-21)27-24(29)17-28(23-9-7-6-8-10-23)34(31,32)25-19(3)15-18(2)16-20(25)4/h11-16,23H,5-10,17H2,1-4H3,(H,27,29). The predicted octanol–water partition coefficient (Wildman–Crippen LogP) is 4.75. The van der Waals surface area contributed by atoms with E-state index in [4.69, 9.17) is 4.74 Å². The van der Waals surface area contributed by atoms with Crippen LogP contribution in [0.2, 0.25) is 0 Å². The second-order valence-electron chi connectivity index (χ2n) is 8.92. The summed E-state index contributed by atoms with van der Waals surface area (Å²) in [5, 5.41) is 2.77. The van der Waals surface area contributed by atoms with Gasteiger partial charge < -0.3 is 10.1 Å². The highest BCUT2D eigenvalue weighted by atomic mass is 32.2. The second-order valence-corrected chi connectivity index (χ2v) is 10.7. The van der Waals surface area contributed by atoms with E-state index in [0.717, 1.165) is 37.7 Å². The van der Waals surface area contributed by atoms with Crippen LogP contribution in [0, 0.1) is 20.8 Å². The fraction of sp³-hybridized carbons (Fsp3) is 0.462. The van der Waals surface area contributed by atoms with Crippen LogP contribution >= 0.6 is 0 Å². The first-order valence-electron chi connectivity index (χ1n) is 11.8. The SMILES string of the molecule is CCOC(=O)c1ccc(NC(=O)CN(C2CCCCC2)S(=O)(=O)c2c(C)cc(C)cc2C)cc1. The molecule has 1 aliphatic rings. The fourth-order valence-electron chi connectivity index (χ4n) is 4.72. The molecule has 8 heteroatoms. The zero-order valence-electron chi connectivity index (χ0n) is 20.4. The number of hydrogen-bond donors (Lipinski definition) is 1. The Bertz CT molecular complexity index is 1110. The Morgan fingerprint density at radius 1 is 1.00 bits per heavy atom. The van der Waals surface area contributed by atoms with Gasteiger partial charge in [-0.05, 0) is 75.9 Å². The van der Waals surface area contributed by atoms with Crippen LogP contribution in [0.4, 0.5) is 5.69 Å². The number of esters is 1. The molecule has 0 spiro atoms. The van der Waals surface area contributed by atoms with Gasteiger partial charge in [0.25, 0.3) is 0 Å². The third kappa shape index (κ3) is 6.04. The first-order valence-corrected chi connectivity index (χ1v) is 13.2. The van der Waals surface area contributed by atoms with Gasteiger partial charge in [-0.3, -0.25) is 4.79 Å². The van der Waals surface area contributed by atoms with E-state index in [1.165, 1.54) is 4.31 Å². The van der Waals surface area contributed by atoms with Crippen LogP contribution in [0.25, 0.3) is 0 Å². The minimum absolute atomic E-state index is 0.212. The van der Waals surface area contributed by atoms with Crippen LogP contribution in [-0.2, 0) is 19.6 Å². The molecule has 2 aromatic carbocycles. The Morgan fingerprint density at radius 2 is 1.59 bits per heavy atom. The lowest BCUT2D eigenvalue weighted by atomic mass is 9.95. The number of rotatable bonds is 8. The zero-order chi connectivity index (χ0) is 24.9. The number of aryl methyl sites for hydroxylation is 3. The lowest BCUT2D eigenvalue weighted by molar-refractivity contribution is -0.116. The predicted molar refractivity (Wildman–Crippen MR) is 132 cm³/mol. The van der Waals surface area contributed by atoms with Gasteiger partial charge in [0.1, 0.15) is 0 Å². The number of hydrogen-bond acceptors (Lipinski definition) is 5. The number of amides is 1. The van der Waals surface area contributed by atoms with Crippen LogP contribution in [0.15, 0.2) is 41.3 Å². The summed E-state index contributed by atoms with van der Waals surface area (Å²) in [5.41, 5.74) is 3.25. The topological polar surface area (TPSA) is 92.8 Å². The van der Waals surface area contributed by atoms with Gasteiger partial charge in [0.2, 0.25) is 15.9 Å². The molecule has 7 nitrogen and oxygen atoms in total. The van der Waals surface area contributed by atoms with E-state index in [-0.39, 0.29) is 24.1 Å². The van der Waals surface area contributed by atoms with Crippen molar-refractivity contribution in [3.63, 3.8) is 0 Å². The van der Waals surface area contributed by atoms with E-state index >= 15 is 0 Å². The highest BCUT2D eigenvalue weighted by Gasteiger charge is 2.35. The third-order valence-corrected chi connectivity index (χ3v) is 8.34. The molecule has 0 aliphatic heterocycles. The van der Waals surface area contributed by atoms with Gasteiger partial charge in [0.05, 0.1) is 23.6 Å². The second kappa shape index (κ2) is 11.1. The van der Waals surface area contributed by atoms with Gasteiger partial charge in [-0.2, -0.15) is 4.31 Å². The lowest BCUT2D eigenvalue weighted by Gasteiger charge is -2.33. The van der Waals surface area contributed by atoms with Crippen LogP contribution in [0.3, 0.4) is 0 Å². The molecule has 0 saturated heterocycles. The van der Waals surface area contributed by atoms with Crippen molar-refractivity contribution < 1.29 is 22.7 Å². The molecule has 2 aromatic rings. The van der Waals surface area contributed by atoms with E-state index < -0.39 is 21.9 Å². The molecule has 0 aromatic heterocycles. The molecule has 1 amide bonds. The first-order chi connectivity index (χ1) is 16.1. The van der Waals surface area contributed by atoms with E-state index in [9.17, 15) is 18.0 Å². The van der Waals surface area contributed by atoms with Gasteiger partial charge >= 0.3 is 5.97 Å². The summed E-state index contributed by atoms with van der Waals surface area (Å²) in [6.07, 6.45) is 4.44. The van der Waals surface area contributed by atoms with Crippen molar-refractivity contribution in [1.29, 1.82) is 0 Å². The molecule has 184 valence electrons. The summed E-state index contributed by atoms with van der Waals surface area (Å²) >= 11 is 0. The maximum atomic E-state index is 13.8. The van der Waals surface area contributed by atoms with E-state index in [1.807, 2.05) is 19.1 Å². The van der Waals surface area contributed by atoms with E-state index in [0.29, 0.717) is 22.4 Å². The first kappa shape index (κ1) is 25.9. The smallest absolute Gasteiger partial charge is 0.338 e. The zero-order valence-corrected chi connectivity index (χ0v) is 21.2. The molecule has 0 heterocycles. The number of benzene rings is 2. The minimum atomic E-state index is -3.88. The molecule has 34 heavy (non-hydrogen) atoms. The quantitative estimate of drug-likeness (QED) is 0.544. The van der Waals surface area contributed by atoms with Crippen molar-refractivity contribution in [2.75, 3.05) is 18.5 Å². The molecule has 1 saturated carbocycles. The number of carbonyl (C=O) groups excluding carboxylic acids is 2. The number of nitrogens with one attached hydrogen (secondary N) is 1. The molecule has 1 N–H and O–H groups in total. The highest BCUT2D eigenvalue weighted by Crippen LogP contribution is 2.31. The highest BCUT2D eigenvalue weighted by molar-refractivity contribution is 7.89. The summed E-state index contributed by atoms with van der Waals surface area (Å²) < 4.78 is 34.1. The van der Waals surface area contributed by atoms with Crippen LogP contribution < -0.4 is 5.32 Å². The van der Waals surface area contributed by atoms with Crippen molar-refractivity contribution >= 4 is 27.6 Å². The van der Waals surface area contributed by atoms with Crippen molar-refractivity contribution in [2.24, 2.45) is 0 Å². The normalized spacial score (nSPS) is 14.7. The Hall–Kier alpha value is -2.71. The largest absolute Gasteiger partial charge is 0.462 e. The maximum Gasteiger partial charge on any atom is 0.338 e. The molecule has 0 radical (unpaired) electrons. The summed E-state index contributed by atoms with van der Waals surface area (Å²) in [7, 11) is -3.88. The van der Waals surface area contributed by atoms with Crippen molar-refractivity contribution in [1.82, 2.24) is 4.31 Å². The van der Waals surface area contributed by atoms with Crippen LogP contribution in [-0.4, -0.2) is 43.8 Å². The summed E-state index contributed by atoms with van der Waals surface area (Å²) in [6, 6.07) is 9.88. The van der Waals surface area contributed by atoms with Gasteiger partial charge in [-0.25, -0.2) is 13.2 Å². The minimum Gasteiger partial charge on any atom is -0.462 e. The Balaban J connectivity index is 1.84. The molecular weight excluding hydrogens is 452 g/mol. The lowest BCUT2D eigenvalue weighted by Crippen LogP contribution is -2.46. The maximum absolute atomic E-state index is 13.8. The molecule has 0 bridgehead atoms. The Kier molecular flexibility index (Phi) is 8.49. The Morgan fingerprint density at radius 3 is 2.15 bits per heavy atom. The van der Waals surface area contributed by atoms with Gasteiger partial charge in [0, 0.05) is 11.7 Å². The average Bonchev–Trinajstić information content (AvgIpc) is 2.77. The molecule has 1 aliphatic carbocycles. The monoisotopic (exact) mass is 486 g/mol. The van der Waals surface area contributed by atoms with Gasteiger partial charge in [-0.1, -0.05) is 37.0 Å². The number of ether oxygens (including phenoxy) is 1. The number of carbonyl (C=O) groups is 2. The molecule has 0 unspecified atom stereocenters. The molecule has 0 atom stereocenters. The van der Waals surface area contributed by atoms with Gasteiger partial charge in [-0.15, -0.1) is 0 Å². The third-order valence-electron chi connectivity index (χ3n) is 6.13. The van der Waals surface area contributed by atoms with Gasteiger partial charge in [0.15, 0.2) is 0 Å². The van der Waals surface area contributed by atoms with Crippen molar-refractivity contribution in [3.05, 3.63) is 58.7 Å². The van der Waals surface area contributed by atoms with Crippen LogP contribution in [0.1, 0.15) is 66.1 Å².